The average Bonchev–Trinajstić information content (AvgIpc) is 3.53. The molecule has 8 aromatic rings. The lowest BCUT2D eigenvalue weighted by atomic mass is 9.34. The fourth-order valence-electron chi connectivity index (χ4n) is 10.6. The van der Waals surface area contributed by atoms with Crippen LogP contribution in [0.4, 0.5) is 17.1 Å². The zero-order valence-corrected chi connectivity index (χ0v) is 36.6. The summed E-state index contributed by atoms with van der Waals surface area (Å²) in [5.74, 6) is 1.89. The van der Waals surface area contributed by atoms with Gasteiger partial charge >= 0.3 is 0 Å². The van der Waals surface area contributed by atoms with E-state index >= 15 is 0 Å². The summed E-state index contributed by atoms with van der Waals surface area (Å²) in [4.78, 5) is 2.59. The Morgan fingerprint density at radius 2 is 1.15 bits per heavy atom. The van der Waals surface area contributed by atoms with Crippen LogP contribution in [0, 0.1) is 20.8 Å². The van der Waals surface area contributed by atoms with E-state index in [1.165, 1.54) is 98.3 Å². The maximum absolute atomic E-state index is 7.09. The summed E-state index contributed by atoms with van der Waals surface area (Å²) in [7, 11) is -4.17. The smallest absolute Gasteiger partial charge is 0.256 e. The molecule has 0 aromatic heterocycles. The van der Waals surface area contributed by atoms with Gasteiger partial charge in [-0.25, -0.2) is 0 Å². The molecule has 3 aliphatic heterocycles. The van der Waals surface area contributed by atoms with Gasteiger partial charge in [-0.1, -0.05) is 170 Å². The predicted octanol–water partition coefficient (Wildman–Crippen LogP) is 8.59. The second kappa shape index (κ2) is 13.2. The molecule has 0 spiro atoms. The fraction of sp³-hybridized carbons (Fsp3) is 0.111. The highest BCUT2D eigenvalue weighted by atomic mass is 28.3. The lowest BCUT2D eigenvalue weighted by Gasteiger charge is -2.42. The summed E-state index contributed by atoms with van der Waals surface area (Å²) in [6.07, 6.45) is 0. The van der Waals surface area contributed by atoms with Crippen molar-refractivity contribution in [2.24, 2.45) is 0 Å². The minimum Gasteiger partial charge on any atom is -0.458 e. The lowest BCUT2D eigenvalue weighted by molar-refractivity contribution is 0.487. The van der Waals surface area contributed by atoms with Crippen LogP contribution in [0.15, 0.2) is 170 Å². The van der Waals surface area contributed by atoms with Gasteiger partial charge in [-0.3, -0.25) is 0 Å². The van der Waals surface area contributed by atoms with E-state index in [2.05, 4.69) is 215 Å². The first-order valence-corrected chi connectivity index (χ1v) is 26.5. The first kappa shape index (κ1) is 36.0. The van der Waals surface area contributed by atoms with Gasteiger partial charge < -0.3 is 9.64 Å². The summed E-state index contributed by atoms with van der Waals surface area (Å²) in [6.45, 7) is 13.9. The van der Waals surface area contributed by atoms with Crippen molar-refractivity contribution in [2.45, 2.75) is 40.4 Å². The molecule has 8 aromatic carbocycles. The zero-order chi connectivity index (χ0) is 40.2. The number of hydrogen-bond donors (Lipinski definition) is 0. The predicted molar refractivity (Wildman–Crippen MR) is 258 cm³/mol. The summed E-state index contributed by atoms with van der Waals surface area (Å²) >= 11 is 0. The van der Waals surface area contributed by atoms with E-state index in [1.807, 2.05) is 0 Å². The Hall–Kier alpha value is -6.14. The number of aryl methyl sites for hydroxylation is 3. The van der Waals surface area contributed by atoms with Crippen LogP contribution in [-0.2, 0) is 0 Å². The van der Waals surface area contributed by atoms with Gasteiger partial charge in [-0.2, -0.15) is 0 Å². The summed E-state index contributed by atoms with van der Waals surface area (Å²) in [6, 6.07) is 64.7. The third kappa shape index (κ3) is 5.31. The van der Waals surface area contributed by atoms with Crippen molar-refractivity contribution in [2.75, 3.05) is 4.90 Å². The van der Waals surface area contributed by atoms with Crippen LogP contribution in [0.2, 0.25) is 19.6 Å². The number of fused-ring (bicyclic) bond motifs is 7. The molecule has 0 atom stereocenters. The number of ether oxygens (including phenoxy) is 1. The molecule has 0 unspecified atom stereocenters. The summed E-state index contributed by atoms with van der Waals surface area (Å²) in [5.41, 5.74) is 16.3. The van der Waals surface area contributed by atoms with E-state index in [1.54, 1.807) is 0 Å². The van der Waals surface area contributed by atoms with Crippen molar-refractivity contribution in [3.05, 3.63) is 187 Å². The van der Waals surface area contributed by atoms with Gasteiger partial charge in [0.05, 0.1) is 13.8 Å². The zero-order valence-electron chi connectivity index (χ0n) is 34.6. The molecule has 59 heavy (non-hydrogen) atoms. The second-order valence-electron chi connectivity index (χ2n) is 17.9. The van der Waals surface area contributed by atoms with Gasteiger partial charge in [0.15, 0.2) is 8.07 Å². The molecule has 0 saturated carbocycles. The highest BCUT2D eigenvalue weighted by Gasteiger charge is 2.51. The van der Waals surface area contributed by atoms with Crippen molar-refractivity contribution >= 4 is 82.2 Å². The monoisotopic (exact) mass is 791 g/mol. The number of benzene rings is 8. The molecule has 3 heterocycles. The maximum Gasteiger partial charge on any atom is 0.256 e. The maximum atomic E-state index is 7.09. The molecule has 5 heteroatoms. The standard InChI is InChI=1S/C54H46BNOSi2/c1-35-30-48-53-50(31-35)57-49-32-39(38-24-27-40(28-25-38)58(4,5)6)26-29-45(49)55(53)46-33-44-43-22-13-14-23-51(43)59(41-18-9-7-10-19-41,42-20-11-8-12-21-42)52(44)34-47(46)56(48)54-36(2)16-15-17-37(54)3/h7-34H,1-6H3. The van der Waals surface area contributed by atoms with Crippen LogP contribution in [-0.4, -0.2) is 22.9 Å². The molecule has 0 fully saturated rings. The van der Waals surface area contributed by atoms with E-state index in [0.29, 0.717) is 0 Å². The molecule has 284 valence electrons. The number of anilines is 3. The third-order valence-corrected chi connectivity index (χ3v) is 20.2. The van der Waals surface area contributed by atoms with Gasteiger partial charge in [0.2, 0.25) is 0 Å². The van der Waals surface area contributed by atoms with Gasteiger partial charge in [-0.05, 0) is 121 Å². The molecule has 2 nitrogen and oxygen atoms in total. The van der Waals surface area contributed by atoms with Gasteiger partial charge in [-0.15, -0.1) is 0 Å². The largest absolute Gasteiger partial charge is 0.458 e. The molecule has 0 amide bonds. The number of nitrogens with zero attached hydrogens (tertiary/aromatic N) is 1. The summed E-state index contributed by atoms with van der Waals surface area (Å²) < 4.78 is 7.09. The number of para-hydroxylation sites is 1. The van der Waals surface area contributed by atoms with Gasteiger partial charge in [0.25, 0.3) is 6.71 Å². The van der Waals surface area contributed by atoms with Crippen molar-refractivity contribution < 1.29 is 4.74 Å². The van der Waals surface area contributed by atoms with Gasteiger partial charge in [0, 0.05) is 11.4 Å². The van der Waals surface area contributed by atoms with Crippen molar-refractivity contribution in [1.29, 1.82) is 0 Å². The molecule has 11 rings (SSSR count). The number of rotatable bonds is 5. The van der Waals surface area contributed by atoms with Crippen LogP contribution < -0.4 is 52.0 Å². The van der Waals surface area contributed by atoms with Crippen LogP contribution in [0.1, 0.15) is 16.7 Å². The van der Waals surface area contributed by atoms with E-state index in [-0.39, 0.29) is 6.71 Å². The highest BCUT2D eigenvalue weighted by Crippen LogP contribution is 2.45. The van der Waals surface area contributed by atoms with Crippen molar-refractivity contribution in [3.8, 4) is 33.8 Å². The van der Waals surface area contributed by atoms with Crippen LogP contribution in [0.3, 0.4) is 0 Å². The Morgan fingerprint density at radius 1 is 0.508 bits per heavy atom. The Bertz CT molecular complexity index is 2930. The average molecular weight is 792 g/mol. The molecule has 0 saturated heterocycles. The topological polar surface area (TPSA) is 12.5 Å². The quantitative estimate of drug-likeness (QED) is 0.162. The molecule has 0 aliphatic carbocycles. The Morgan fingerprint density at radius 3 is 1.83 bits per heavy atom. The first-order valence-electron chi connectivity index (χ1n) is 21.0. The molecule has 0 N–H and O–H groups in total. The van der Waals surface area contributed by atoms with E-state index in [0.717, 1.165) is 11.5 Å². The second-order valence-corrected chi connectivity index (χ2v) is 26.7. The van der Waals surface area contributed by atoms with Gasteiger partial charge in [0.1, 0.15) is 11.5 Å². The Balaban J connectivity index is 1.22. The first-order chi connectivity index (χ1) is 28.6. The normalized spacial score (nSPS) is 14.1. The Labute approximate surface area is 350 Å². The van der Waals surface area contributed by atoms with Crippen LogP contribution in [0.5, 0.6) is 11.5 Å². The SMILES string of the molecule is Cc1cc2c3c(c1)N(c1c(C)cccc1C)c1cc4c(cc1B3c1ccc(-c3ccc([Si](C)(C)C)cc3)cc1O2)-c1ccccc1[Si]4(c1ccccc1)c1ccccc1. The molecular formula is C54H46BNOSi2. The minimum atomic E-state index is -2.76. The number of hydrogen-bond acceptors (Lipinski definition) is 2. The van der Waals surface area contributed by atoms with Crippen LogP contribution in [0.25, 0.3) is 22.3 Å². The van der Waals surface area contributed by atoms with Crippen LogP contribution >= 0.6 is 0 Å². The molecule has 3 aliphatic rings. The molecule has 0 radical (unpaired) electrons. The molecule has 0 bridgehead atoms. The van der Waals surface area contributed by atoms with Crippen molar-refractivity contribution in [3.63, 3.8) is 0 Å². The van der Waals surface area contributed by atoms with E-state index in [9.17, 15) is 0 Å². The lowest BCUT2D eigenvalue weighted by Crippen LogP contribution is -2.73. The minimum absolute atomic E-state index is 0.00850. The highest BCUT2D eigenvalue weighted by molar-refractivity contribution is 7.22. The van der Waals surface area contributed by atoms with Crippen molar-refractivity contribution in [1.82, 2.24) is 0 Å². The molecular weight excluding hydrogens is 746 g/mol. The van der Waals surface area contributed by atoms with E-state index < -0.39 is 16.1 Å². The van der Waals surface area contributed by atoms with E-state index in [4.69, 9.17) is 4.74 Å². The third-order valence-electron chi connectivity index (χ3n) is 13.2. The summed E-state index contributed by atoms with van der Waals surface area (Å²) in [5, 5.41) is 7.20. The fourth-order valence-corrected chi connectivity index (χ4v) is 16.9. The Kier molecular flexibility index (Phi) is 8.04.